The molecule has 0 fully saturated rings. The monoisotopic (exact) mass is 420 g/mol. The summed E-state index contributed by atoms with van der Waals surface area (Å²) in [4.78, 5) is 11.9. The molecule has 0 aliphatic heterocycles. The summed E-state index contributed by atoms with van der Waals surface area (Å²) in [5, 5.41) is 1.94. The molecule has 0 unspecified atom stereocenters. The molecule has 0 aliphatic carbocycles. The van der Waals surface area contributed by atoms with Gasteiger partial charge in [0.2, 0.25) is 10.0 Å². The van der Waals surface area contributed by atoms with Crippen molar-refractivity contribution in [3.63, 3.8) is 0 Å². The maximum atomic E-state index is 13.7. The third kappa shape index (κ3) is 5.00. The third-order valence-corrected chi connectivity index (χ3v) is 5.45. The van der Waals surface area contributed by atoms with Crippen LogP contribution in [0.15, 0.2) is 35.2 Å². The molecule has 0 spiro atoms. The zero-order chi connectivity index (χ0) is 20.6. The van der Waals surface area contributed by atoms with Crippen LogP contribution >= 0.6 is 11.6 Å². The van der Waals surface area contributed by atoms with Crippen molar-refractivity contribution >= 4 is 33.2 Å². The van der Waals surface area contributed by atoms with E-state index in [1.54, 1.807) is 20.8 Å². The highest BCUT2D eigenvalue weighted by molar-refractivity contribution is 7.89. The second-order valence-corrected chi connectivity index (χ2v) is 8.74. The number of amides is 1. The van der Waals surface area contributed by atoms with Crippen LogP contribution in [0.4, 0.5) is 18.9 Å². The van der Waals surface area contributed by atoms with Crippen molar-refractivity contribution in [2.75, 3.05) is 5.32 Å². The molecule has 0 saturated carbocycles. The molecule has 10 heteroatoms. The number of sulfonamides is 1. The van der Waals surface area contributed by atoms with E-state index in [0.29, 0.717) is 6.07 Å². The van der Waals surface area contributed by atoms with Crippen LogP contribution in [0.1, 0.15) is 31.1 Å². The molecule has 2 aromatic rings. The number of benzene rings is 2. The average Bonchev–Trinajstić information content (AvgIpc) is 2.53. The summed E-state index contributed by atoms with van der Waals surface area (Å²) in [6.07, 6.45) is 0. The normalized spacial score (nSPS) is 12.1. The Balaban J connectivity index is 2.38. The largest absolute Gasteiger partial charge is 0.319 e. The highest BCUT2D eigenvalue weighted by atomic mass is 35.5. The van der Waals surface area contributed by atoms with Crippen LogP contribution < -0.4 is 10.0 Å². The number of rotatable bonds is 4. The summed E-state index contributed by atoms with van der Waals surface area (Å²) in [7, 11) is -4.04. The van der Waals surface area contributed by atoms with Crippen molar-refractivity contribution < 1.29 is 26.4 Å². The van der Waals surface area contributed by atoms with Crippen LogP contribution in [0.2, 0.25) is 5.02 Å². The van der Waals surface area contributed by atoms with Crippen LogP contribution in [0, 0.1) is 17.5 Å². The Hall–Kier alpha value is -2.10. The second kappa shape index (κ2) is 7.49. The van der Waals surface area contributed by atoms with Crippen molar-refractivity contribution in [3.8, 4) is 0 Å². The van der Waals surface area contributed by atoms with E-state index in [9.17, 15) is 26.4 Å². The van der Waals surface area contributed by atoms with E-state index in [1.807, 2.05) is 0 Å². The molecular formula is C17H16ClF3N2O3S. The fraction of sp³-hybridized carbons (Fsp3) is 0.235. The number of nitrogens with one attached hydrogen (secondary N) is 2. The van der Waals surface area contributed by atoms with E-state index in [2.05, 4.69) is 10.0 Å². The summed E-state index contributed by atoms with van der Waals surface area (Å²) in [5.74, 6) is -5.64. The Labute approximate surface area is 159 Å². The van der Waals surface area contributed by atoms with Crippen LogP contribution in [-0.2, 0) is 10.0 Å². The second-order valence-electron chi connectivity index (χ2n) is 6.68. The first kappa shape index (κ1) is 21.2. The highest BCUT2D eigenvalue weighted by Gasteiger charge is 2.25. The molecule has 0 heterocycles. The summed E-state index contributed by atoms with van der Waals surface area (Å²) in [5.41, 5.74) is -1.56. The number of halogens is 4. The smallest absolute Gasteiger partial charge is 0.255 e. The summed E-state index contributed by atoms with van der Waals surface area (Å²) < 4.78 is 67.3. The Kier molecular flexibility index (Phi) is 5.88. The van der Waals surface area contributed by atoms with E-state index in [4.69, 9.17) is 11.6 Å². The van der Waals surface area contributed by atoms with Crippen molar-refractivity contribution in [2.45, 2.75) is 31.2 Å². The maximum absolute atomic E-state index is 13.7. The van der Waals surface area contributed by atoms with Gasteiger partial charge in [0.25, 0.3) is 5.91 Å². The molecule has 27 heavy (non-hydrogen) atoms. The minimum atomic E-state index is -4.04. The van der Waals surface area contributed by atoms with Crippen molar-refractivity contribution in [1.82, 2.24) is 4.72 Å². The number of carbonyl (C=O) groups excluding carboxylic acids is 1. The predicted octanol–water partition coefficient (Wildman–Crippen LogP) is 4.09. The predicted molar refractivity (Wildman–Crippen MR) is 95.8 cm³/mol. The van der Waals surface area contributed by atoms with Crippen LogP contribution in [0.25, 0.3) is 0 Å². The van der Waals surface area contributed by atoms with Crippen LogP contribution in [0.3, 0.4) is 0 Å². The lowest BCUT2D eigenvalue weighted by Gasteiger charge is -2.21. The standard InChI is InChI=1S/C17H16ClF3N2O3S/c1-17(2,3)23-27(25,26)13-8-9(4-5-10(13)18)16(24)22-12-7-6-11(19)14(20)15(12)21/h4-8,23H,1-3H3,(H,22,24). The summed E-state index contributed by atoms with van der Waals surface area (Å²) in [6, 6.07) is 4.91. The topological polar surface area (TPSA) is 75.3 Å². The van der Waals surface area contributed by atoms with Crippen molar-refractivity contribution in [1.29, 1.82) is 0 Å². The molecule has 2 rings (SSSR count). The van der Waals surface area contributed by atoms with E-state index in [-0.39, 0.29) is 15.5 Å². The molecule has 0 saturated heterocycles. The Bertz CT molecular complexity index is 1010. The molecule has 146 valence electrons. The molecule has 0 atom stereocenters. The first-order chi connectivity index (χ1) is 12.3. The summed E-state index contributed by atoms with van der Waals surface area (Å²) >= 11 is 5.94. The van der Waals surface area contributed by atoms with E-state index in [0.717, 1.165) is 12.1 Å². The first-order valence-corrected chi connectivity index (χ1v) is 9.46. The molecule has 0 aliphatic rings. The number of carbonyl (C=O) groups is 1. The maximum Gasteiger partial charge on any atom is 0.255 e. The zero-order valence-electron chi connectivity index (χ0n) is 14.5. The lowest BCUT2D eigenvalue weighted by atomic mass is 10.1. The molecule has 1 amide bonds. The van der Waals surface area contributed by atoms with Gasteiger partial charge in [-0.15, -0.1) is 0 Å². The molecule has 2 N–H and O–H groups in total. The number of anilines is 1. The van der Waals surface area contributed by atoms with Gasteiger partial charge in [-0.05, 0) is 51.1 Å². The van der Waals surface area contributed by atoms with Gasteiger partial charge in [-0.2, -0.15) is 0 Å². The van der Waals surface area contributed by atoms with E-state index in [1.165, 1.54) is 12.1 Å². The number of hydrogen-bond donors (Lipinski definition) is 2. The van der Waals surface area contributed by atoms with Crippen LogP contribution in [-0.4, -0.2) is 19.9 Å². The van der Waals surface area contributed by atoms with Gasteiger partial charge < -0.3 is 5.32 Å². The Morgan fingerprint density at radius 3 is 2.26 bits per heavy atom. The summed E-state index contributed by atoms with van der Waals surface area (Å²) in [6.45, 7) is 4.88. The molecular weight excluding hydrogens is 405 g/mol. The minimum Gasteiger partial charge on any atom is -0.319 e. The lowest BCUT2D eigenvalue weighted by Crippen LogP contribution is -2.40. The van der Waals surface area contributed by atoms with Gasteiger partial charge in [-0.25, -0.2) is 26.3 Å². The van der Waals surface area contributed by atoms with Crippen molar-refractivity contribution in [3.05, 3.63) is 58.4 Å². The molecule has 0 bridgehead atoms. The fourth-order valence-electron chi connectivity index (χ4n) is 2.13. The zero-order valence-corrected chi connectivity index (χ0v) is 16.1. The molecule has 2 aromatic carbocycles. The van der Waals surface area contributed by atoms with Crippen molar-refractivity contribution in [2.24, 2.45) is 0 Å². The average molecular weight is 421 g/mol. The molecule has 5 nitrogen and oxygen atoms in total. The SMILES string of the molecule is CC(C)(C)NS(=O)(=O)c1cc(C(=O)Nc2ccc(F)c(F)c2F)ccc1Cl. The Morgan fingerprint density at radius 2 is 1.67 bits per heavy atom. The van der Waals surface area contributed by atoms with Gasteiger partial charge in [0.1, 0.15) is 4.90 Å². The first-order valence-electron chi connectivity index (χ1n) is 7.60. The van der Waals surface area contributed by atoms with Gasteiger partial charge in [-0.3, -0.25) is 4.79 Å². The van der Waals surface area contributed by atoms with Gasteiger partial charge >= 0.3 is 0 Å². The number of hydrogen-bond acceptors (Lipinski definition) is 3. The van der Waals surface area contributed by atoms with Gasteiger partial charge in [0.15, 0.2) is 17.5 Å². The van der Waals surface area contributed by atoms with E-state index < -0.39 is 44.6 Å². The minimum absolute atomic E-state index is 0.123. The van der Waals surface area contributed by atoms with Gasteiger partial charge in [0.05, 0.1) is 10.7 Å². The molecule has 0 aromatic heterocycles. The van der Waals surface area contributed by atoms with E-state index >= 15 is 0 Å². The quantitative estimate of drug-likeness (QED) is 0.731. The third-order valence-electron chi connectivity index (χ3n) is 3.21. The van der Waals surface area contributed by atoms with Gasteiger partial charge in [0, 0.05) is 11.1 Å². The molecule has 0 radical (unpaired) electrons. The van der Waals surface area contributed by atoms with Crippen LogP contribution in [0.5, 0.6) is 0 Å². The Morgan fingerprint density at radius 1 is 1.04 bits per heavy atom. The van der Waals surface area contributed by atoms with Gasteiger partial charge in [-0.1, -0.05) is 11.6 Å². The lowest BCUT2D eigenvalue weighted by molar-refractivity contribution is 0.102. The fourth-order valence-corrected chi connectivity index (χ4v) is 4.07. The highest BCUT2D eigenvalue weighted by Crippen LogP contribution is 2.25.